The largest absolute Gasteiger partial charge is 0.333 e. The van der Waals surface area contributed by atoms with Gasteiger partial charge in [-0.05, 0) is 57.4 Å². The number of amides is 1. The highest BCUT2D eigenvalue weighted by atomic mass is 35.5. The molecule has 0 aliphatic carbocycles. The molecule has 5 heteroatoms. The van der Waals surface area contributed by atoms with E-state index < -0.39 is 0 Å². The number of halogens is 1. The van der Waals surface area contributed by atoms with Crippen LogP contribution < -0.4 is 0 Å². The summed E-state index contributed by atoms with van der Waals surface area (Å²) in [4.78, 5) is 14.8. The smallest absolute Gasteiger partial charge is 0.274 e. The highest BCUT2D eigenvalue weighted by Gasteiger charge is 2.25. The average molecular weight is 362 g/mol. The van der Waals surface area contributed by atoms with Crippen molar-refractivity contribution < 1.29 is 4.79 Å². The van der Waals surface area contributed by atoms with Crippen molar-refractivity contribution >= 4 is 17.5 Å². The number of benzene rings is 1. The molecule has 0 saturated heterocycles. The Morgan fingerprint density at radius 1 is 1.28 bits per heavy atom. The van der Waals surface area contributed by atoms with Gasteiger partial charge in [0, 0.05) is 23.8 Å². The number of carbonyl (C=O) groups is 1. The van der Waals surface area contributed by atoms with Gasteiger partial charge in [-0.2, -0.15) is 5.10 Å². The zero-order chi connectivity index (χ0) is 18.8. The Hall–Kier alpha value is -1.81. The zero-order valence-corrected chi connectivity index (χ0v) is 16.8. The van der Waals surface area contributed by atoms with Crippen LogP contribution >= 0.6 is 11.6 Å². The van der Waals surface area contributed by atoms with Gasteiger partial charge < -0.3 is 4.90 Å². The van der Waals surface area contributed by atoms with Gasteiger partial charge in [0.15, 0.2) is 5.69 Å². The van der Waals surface area contributed by atoms with Gasteiger partial charge in [-0.3, -0.25) is 9.48 Å². The topological polar surface area (TPSA) is 38.1 Å². The van der Waals surface area contributed by atoms with Gasteiger partial charge in [0.2, 0.25) is 0 Å². The second kappa shape index (κ2) is 7.61. The van der Waals surface area contributed by atoms with Crippen molar-refractivity contribution in [1.82, 2.24) is 14.7 Å². The fraction of sp³-hybridized carbons (Fsp3) is 0.500. The predicted molar refractivity (Wildman–Crippen MR) is 103 cm³/mol. The molecule has 0 saturated carbocycles. The van der Waals surface area contributed by atoms with Crippen molar-refractivity contribution in [2.45, 2.75) is 59.5 Å². The summed E-state index contributed by atoms with van der Waals surface area (Å²) in [5, 5.41) is 5.31. The third-order valence-corrected chi connectivity index (χ3v) is 4.35. The third-order valence-electron chi connectivity index (χ3n) is 4.11. The van der Waals surface area contributed by atoms with Crippen molar-refractivity contribution in [3.05, 3.63) is 52.3 Å². The molecular weight excluding hydrogens is 334 g/mol. The quantitative estimate of drug-likeness (QED) is 0.745. The summed E-state index contributed by atoms with van der Waals surface area (Å²) in [7, 11) is 0. The SMILES string of the molecule is CCN(Cc1cccc(Cl)c1)C(=O)c1cc(C(C)C)n(C(C)(C)C)n1. The van der Waals surface area contributed by atoms with Crippen LogP contribution in [-0.4, -0.2) is 27.1 Å². The second-order valence-electron chi connectivity index (χ2n) is 7.64. The highest BCUT2D eigenvalue weighted by molar-refractivity contribution is 6.30. The zero-order valence-electron chi connectivity index (χ0n) is 16.0. The van der Waals surface area contributed by atoms with E-state index in [0.29, 0.717) is 29.7 Å². The molecule has 0 spiro atoms. The number of aromatic nitrogens is 2. The standard InChI is InChI=1S/C20H28ClN3O/c1-7-23(13-15-9-8-10-16(21)11-15)19(25)17-12-18(14(2)3)24(22-17)20(4,5)6/h8-12,14H,7,13H2,1-6H3. The van der Waals surface area contributed by atoms with E-state index in [0.717, 1.165) is 11.3 Å². The van der Waals surface area contributed by atoms with Gasteiger partial charge in [0.1, 0.15) is 0 Å². The Labute approximate surface area is 155 Å². The predicted octanol–water partition coefficient (Wildman–Crippen LogP) is 5.08. The van der Waals surface area contributed by atoms with E-state index in [-0.39, 0.29) is 11.4 Å². The van der Waals surface area contributed by atoms with Gasteiger partial charge in [-0.15, -0.1) is 0 Å². The second-order valence-corrected chi connectivity index (χ2v) is 8.08. The molecule has 0 aliphatic rings. The Kier molecular flexibility index (Phi) is 5.94. The van der Waals surface area contributed by atoms with Crippen molar-refractivity contribution in [2.75, 3.05) is 6.54 Å². The number of carbonyl (C=O) groups excluding carboxylic acids is 1. The van der Waals surface area contributed by atoms with Crippen LogP contribution in [0.1, 0.15) is 69.2 Å². The van der Waals surface area contributed by atoms with Crippen LogP contribution in [0.5, 0.6) is 0 Å². The highest BCUT2D eigenvalue weighted by Crippen LogP contribution is 2.24. The number of hydrogen-bond donors (Lipinski definition) is 0. The molecule has 2 aromatic rings. The molecule has 0 atom stereocenters. The molecular formula is C20H28ClN3O. The van der Waals surface area contributed by atoms with Gasteiger partial charge in [-0.25, -0.2) is 0 Å². The van der Waals surface area contributed by atoms with Crippen LogP contribution in [0.4, 0.5) is 0 Å². The van der Waals surface area contributed by atoms with E-state index in [1.165, 1.54) is 0 Å². The summed E-state index contributed by atoms with van der Waals surface area (Å²) in [5.74, 6) is 0.253. The Bertz CT molecular complexity index is 744. The lowest BCUT2D eigenvalue weighted by atomic mass is 10.1. The molecule has 0 unspecified atom stereocenters. The van der Waals surface area contributed by atoms with Crippen LogP contribution in [0.15, 0.2) is 30.3 Å². The molecule has 1 aromatic heterocycles. The Morgan fingerprint density at radius 2 is 1.96 bits per heavy atom. The van der Waals surface area contributed by atoms with Crippen LogP contribution in [0.3, 0.4) is 0 Å². The van der Waals surface area contributed by atoms with Gasteiger partial charge >= 0.3 is 0 Å². The van der Waals surface area contributed by atoms with E-state index in [1.807, 2.05) is 41.9 Å². The number of nitrogens with zero attached hydrogens (tertiary/aromatic N) is 3. The van der Waals surface area contributed by atoms with E-state index in [1.54, 1.807) is 4.90 Å². The molecule has 0 radical (unpaired) electrons. The first-order chi connectivity index (χ1) is 11.6. The first-order valence-corrected chi connectivity index (χ1v) is 9.15. The lowest BCUT2D eigenvalue weighted by Gasteiger charge is -2.24. The van der Waals surface area contributed by atoms with Crippen LogP contribution in [-0.2, 0) is 12.1 Å². The van der Waals surface area contributed by atoms with Crippen LogP contribution in [0.25, 0.3) is 0 Å². The summed E-state index contributed by atoms with van der Waals surface area (Å²) in [6.07, 6.45) is 0. The van der Waals surface area contributed by atoms with Crippen molar-refractivity contribution in [3.8, 4) is 0 Å². The number of rotatable bonds is 5. The van der Waals surface area contributed by atoms with Gasteiger partial charge in [0.25, 0.3) is 5.91 Å². The minimum Gasteiger partial charge on any atom is -0.333 e. The lowest BCUT2D eigenvalue weighted by molar-refractivity contribution is 0.0745. The minimum absolute atomic E-state index is 0.0487. The molecule has 2 rings (SSSR count). The molecule has 1 amide bonds. The molecule has 0 aliphatic heterocycles. The van der Waals surface area contributed by atoms with Crippen molar-refractivity contribution in [1.29, 1.82) is 0 Å². The fourth-order valence-electron chi connectivity index (χ4n) is 2.79. The summed E-state index contributed by atoms with van der Waals surface area (Å²) in [5.41, 5.74) is 2.43. The van der Waals surface area contributed by atoms with Crippen molar-refractivity contribution in [2.24, 2.45) is 0 Å². The van der Waals surface area contributed by atoms with Crippen LogP contribution in [0, 0.1) is 0 Å². The van der Waals surface area contributed by atoms with Gasteiger partial charge in [-0.1, -0.05) is 37.6 Å². The van der Waals surface area contributed by atoms with E-state index in [9.17, 15) is 4.79 Å². The Balaban J connectivity index is 2.31. The first-order valence-electron chi connectivity index (χ1n) is 8.77. The summed E-state index contributed by atoms with van der Waals surface area (Å²) >= 11 is 6.06. The summed E-state index contributed by atoms with van der Waals surface area (Å²) < 4.78 is 1.97. The monoisotopic (exact) mass is 361 g/mol. The summed E-state index contributed by atoms with van der Waals surface area (Å²) in [6, 6.07) is 9.54. The normalized spacial score (nSPS) is 11.8. The average Bonchev–Trinajstić information content (AvgIpc) is 2.98. The molecule has 25 heavy (non-hydrogen) atoms. The molecule has 0 N–H and O–H groups in total. The maximum atomic E-state index is 13.0. The lowest BCUT2D eigenvalue weighted by Crippen LogP contribution is -2.31. The first kappa shape index (κ1) is 19.5. The fourth-order valence-corrected chi connectivity index (χ4v) is 3.01. The van der Waals surface area contributed by atoms with E-state index in [4.69, 9.17) is 11.6 Å². The maximum absolute atomic E-state index is 13.0. The molecule has 0 bridgehead atoms. The molecule has 4 nitrogen and oxygen atoms in total. The molecule has 1 heterocycles. The van der Waals surface area contributed by atoms with Crippen LogP contribution in [0.2, 0.25) is 5.02 Å². The van der Waals surface area contributed by atoms with Gasteiger partial charge in [0.05, 0.1) is 5.54 Å². The Morgan fingerprint density at radius 3 is 2.44 bits per heavy atom. The number of hydrogen-bond acceptors (Lipinski definition) is 2. The molecule has 0 fully saturated rings. The van der Waals surface area contributed by atoms with Crippen molar-refractivity contribution in [3.63, 3.8) is 0 Å². The van der Waals surface area contributed by atoms with E-state index in [2.05, 4.69) is 39.7 Å². The third kappa shape index (κ3) is 4.63. The molecule has 136 valence electrons. The van der Waals surface area contributed by atoms with E-state index >= 15 is 0 Å². The minimum atomic E-state index is -0.165. The maximum Gasteiger partial charge on any atom is 0.274 e. The molecule has 1 aromatic carbocycles. The summed E-state index contributed by atoms with van der Waals surface area (Å²) in [6.45, 7) is 13.7.